The van der Waals surface area contributed by atoms with Crippen LogP contribution in [0, 0.1) is 0 Å². The van der Waals surface area contributed by atoms with Crippen molar-refractivity contribution in [1.82, 2.24) is 9.97 Å². The average Bonchev–Trinajstić information content (AvgIpc) is 3.73. The predicted octanol–water partition coefficient (Wildman–Crippen LogP) is 6.70. The normalized spacial score (nSPS) is 13.4. The van der Waals surface area contributed by atoms with Crippen molar-refractivity contribution in [2.75, 3.05) is 11.7 Å². The number of ether oxygens (including phenoxy) is 1. The van der Waals surface area contributed by atoms with Crippen LogP contribution in [0.25, 0.3) is 10.8 Å². The van der Waals surface area contributed by atoms with Crippen LogP contribution in [0.4, 0.5) is 19.0 Å². The number of pyridine rings is 2. The Morgan fingerprint density at radius 1 is 1.00 bits per heavy atom. The quantitative estimate of drug-likeness (QED) is 0.195. The monoisotopic (exact) mass is 507 g/mol. The summed E-state index contributed by atoms with van der Waals surface area (Å²) in [5.41, 5.74) is 0.981. The summed E-state index contributed by atoms with van der Waals surface area (Å²) in [5, 5.41) is 3.61. The highest BCUT2D eigenvalue weighted by molar-refractivity contribution is 5.90. The molecule has 2 heterocycles. The number of hydroxylamine groups is 1. The van der Waals surface area contributed by atoms with Crippen LogP contribution in [0.3, 0.4) is 0 Å². The number of rotatable bonds is 8. The summed E-state index contributed by atoms with van der Waals surface area (Å²) >= 11 is 0. The zero-order chi connectivity index (χ0) is 26.0. The first-order valence-electron chi connectivity index (χ1n) is 12.0. The number of anilines is 1. The number of nitrogens with zero attached hydrogens (tertiary/aromatic N) is 3. The third-order valence-corrected chi connectivity index (χ3v) is 6.08. The third kappa shape index (κ3) is 5.50. The van der Waals surface area contributed by atoms with Gasteiger partial charge in [-0.3, -0.25) is 4.98 Å². The number of carbonyl (C=O) groups excluding carboxylic acids is 1. The zero-order valence-corrected chi connectivity index (χ0v) is 20.0. The molecule has 1 fully saturated rings. The highest BCUT2D eigenvalue weighted by Crippen LogP contribution is 2.47. The van der Waals surface area contributed by atoms with Crippen LogP contribution >= 0.6 is 0 Å². The average molecular weight is 508 g/mol. The van der Waals surface area contributed by atoms with Crippen LogP contribution < -0.4 is 9.90 Å². The summed E-state index contributed by atoms with van der Waals surface area (Å²) in [5.74, 6) is 0.882. The van der Waals surface area contributed by atoms with Crippen LogP contribution in [0.5, 0.6) is 5.75 Å². The first kappa shape index (κ1) is 24.5. The number of hydrogen-bond acceptors (Lipinski definition) is 6. The molecule has 1 saturated carbocycles. The van der Waals surface area contributed by atoms with E-state index in [4.69, 9.17) is 14.6 Å². The molecule has 0 bridgehead atoms. The lowest BCUT2D eigenvalue weighted by Gasteiger charge is -2.26. The molecular weight excluding hydrogens is 483 g/mol. The van der Waals surface area contributed by atoms with E-state index in [-0.39, 0.29) is 13.2 Å². The SMILES string of the molecule is CCOC(=O)c1ccc(ON(Cc2ccc(C(F)(F)F)cn2)c2ncc3ccccc3c2C2CC2)cc1. The van der Waals surface area contributed by atoms with Gasteiger partial charge in [0.15, 0.2) is 11.6 Å². The molecule has 5 rings (SSSR count). The second-order valence-electron chi connectivity index (χ2n) is 8.77. The Balaban J connectivity index is 1.51. The van der Waals surface area contributed by atoms with Gasteiger partial charge >= 0.3 is 12.1 Å². The van der Waals surface area contributed by atoms with Crippen LogP contribution in [0.1, 0.15) is 52.9 Å². The molecule has 0 spiro atoms. The van der Waals surface area contributed by atoms with Crippen LogP contribution in [0.15, 0.2) is 73.1 Å². The Hall–Kier alpha value is -4.14. The molecule has 2 aromatic carbocycles. The highest BCUT2D eigenvalue weighted by atomic mass is 19.4. The molecule has 0 aliphatic heterocycles. The summed E-state index contributed by atoms with van der Waals surface area (Å²) in [6, 6.07) is 16.8. The number of aromatic nitrogens is 2. The first-order chi connectivity index (χ1) is 17.8. The van der Waals surface area contributed by atoms with E-state index in [1.54, 1.807) is 42.4 Å². The molecule has 6 nitrogen and oxygen atoms in total. The third-order valence-electron chi connectivity index (χ3n) is 6.08. The largest absolute Gasteiger partial charge is 0.462 e. The molecule has 1 aliphatic rings. The van der Waals surface area contributed by atoms with Gasteiger partial charge in [-0.25, -0.2) is 9.78 Å². The van der Waals surface area contributed by atoms with Crippen molar-refractivity contribution < 1.29 is 27.5 Å². The van der Waals surface area contributed by atoms with Crippen molar-refractivity contribution in [1.29, 1.82) is 0 Å². The Kier molecular flexibility index (Phi) is 6.69. The second-order valence-corrected chi connectivity index (χ2v) is 8.77. The van der Waals surface area contributed by atoms with E-state index in [2.05, 4.69) is 4.98 Å². The van der Waals surface area contributed by atoms with Gasteiger partial charge in [-0.1, -0.05) is 24.3 Å². The number of alkyl halides is 3. The van der Waals surface area contributed by atoms with Crippen LogP contribution in [-0.4, -0.2) is 22.5 Å². The van der Waals surface area contributed by atoms with Gasteiger partial charge in [0.1, 0.15) is 6.54 Å². The minimum Gasteiger partial charge on any atom is -0.462 e. The Morgan fingerprint density at radius 2 is 1.76 bits per heavy atom. The molecule has 0 radical (unpaired) electrons. The first-order valence-corrected chi connectivity index (χ1v) is 12.0. The van der Waals surface area contributed by atoms with E-state index < -0.39 is 17.7 Å². The number of hydrogen-bond donors (Lipinski definition) is 0. The van der Waals surface area contributed by atoms with Crippen molar-refractivity contribution >= 4 is 22.6 Å². The fraction of sp³-hybridized carbons (Fsp3) is 0.250. The molecule has 0 atom stereocenters. The molecule has 0 saturated heterocycles. The van der Waals surface area contributed by atoms with Gasteiger partial charge in [0.25, 0.3) is 0 Å². The topological polar surface area (TPSA) is 64.6 Å². The molecule has 1 aliphatic carbocycles. The maximum atomic E-state index is 13.1. The van der Waals surface area contributed by atoms with Crippen molar-refractivity contribution in [3.05, 3.63) is 95.4 Å². The van der Waals surface area contributed by atoms with Crippen molar-refractivity contribution in [2.45, 2.75) is 38.4 Å². The lowest BCUT2D eigenvalue weighted by molar-refractivity contribution is -0.137. The Morgan fingerprint density at radius 3 is 2.41 bits per heavy atom. The smallest absolute Gasteiger partial charge is 0.417 e. The molecule has 4 aromatic rings. The van der Waals surface area contributed by atoms with E-state index >= 15 is 0 Å². The van der Waals surface area contributed by atoms with Gasteiger partial charge in [-0.05, 0) is 67.5 Å². The molecule has 37 heavy (non-hydrogen) atoms. The molecule has 9 heteroatoms. The number of carbonyl (C=O) groups is 1. The number of fused-ring (bicyclic) bond motifs is 1. The van der Waals surface area contributed by atoms with Crippen molar-refractivity contribution in [3.8, 4) is 5.75 Å². The fourth-order valence-corrected chi connectivity index (χ4v) is 4.13. The standard InChI is InChI=1S/C28H24F3N3O3/c1-2-36-27(35)19-9-13-23(14-10-19)37-34(17-22-12-11-21(16-32-22)28(29,30)31)26-25(18-7-8-18)24-6-4-3-5-20(24)15-33-26/h3-6,9-16,18H,2,7-8,17H2,1H3. The zero-order valence-electron chi connectivity index (χ0n) is 20.0. The number of halogens is 3. The number of benzene rings is 2. The van der Waals surface area contributed by atoms with E-state index in [1.165, 1.54) is 6.07 Å². The van der Waals surface area contributed by atoms with Crippen LogP contribution in [0.2, 0.25) is 0 Å². The maximum Gasteiger partial charge on any atom is 0.417 e. The van der Waals surface area contributed by atoms with Crippen LogP contribution in [-0.2, 0) is 17.5 Å². The van der Waals surface area contributed by atoms with Gasteiger partial charge in [0.2, 0.25) is 0 Å². The Labute approximate surface area is 211 Å². The highest BCUT2D eigenvalue weighted by Gasteiger charge is 2.33. The number of esters is 1. The second kappa shape index (κ2) is 10.1. The maximum absolute atomic E-state index is 13.1. The van der Waals surface area contributed by atoms with Gasteiger partial charge in [-0.2, -0.15) is 18.2 Å². The fourth-order valence-electron chi connectivity index (χ4n) is 4.13. The van der Waals surface area contributed by atoms with Crippen molar-refractivity contribution in [3.63, 3.8) is 0 Å². The molecule has 190 valence electrons. The molecule has 2 aromatic heterocycles. The summed E-state index contributed by atoms with van der Waals surface area (Å²) in [6.07, 6.45) is 0.141. The lowest BCUT2D eigenvalue weighted by atomic mass is 10.0. The predicted molar refractivity (Wildman–Crippen MR) is 132 cm³/mol. The summed E-state index contributed by atoms with van der Waals surface area (Å²) < 4.78 is 44.2. The Bertz CT molecular complexity index is 1400. The molecule has 0 amide bonds. The van der Waals surface area contributed by atoms with Crippen molar-refractivity contribution in [2.24, 2.45) is 0 Å². The van der Waals surface area contributed by atoms with Gasteiger partial charge < -0.3 is 9.57 Å². The minimum atomic E-state index is -4.47. The summed E-state index contributed by atoms with van der Waals surface area (Å²) in [6.45, 7) is 2.06. The van der Waals surface area contributed by atoms with E-state index in [0.29, 0.717) is 28.7 Å². The summed E-state index contributed by atoms with van der Waals surface area (Å²) in [7, 11) is 0. The molecular formula is C28H24F3N3O3. The molecule has 0 unspecified atom stereocenters. The van der Waals surface area contributed by atoms with Gasteiger partial charge in [0, 0.05) is 23.3 Å². The summed E-state index contributed by atoms with van der Waals surface area (Å²) in [4.78, 5) is 27.0. The van der Waals surface area contributed by atoms with Gasteiger partial charge in [0.05, 0.1) is 23.4 Å². The van der Waals surface area contributed by atoms with E-state index in [1.807, 2.05) is 24.3 Å². The minimum absolute atomic E-state index is 0.0584. The van der Waals surface area contributed by atoms with Gasteiger partial charge in [-0.15, -0.1) is 0 Å². The molecule has 0 N–H and O–H groups in total. The van der Waals surface area contributed by atoms with E-state index in [9.17, 15) is 18.0 Å². The lowest BCUT2D eigenvalue weighted by Crippen LogP contribution is -2.29. The van der Waals surface area contributed by atoms with E-state index in [0.717, 1.165) is 41.4 Å².